The summed E-state index contributed by atoms with van der Waals surface area (Å²) in [5, 5.41) is 1.12. The van der Waals surface area contributed by atoms with Crippen molar-refractivity contribution in [2.75, 3.05) is 0 Å². The molecule has 0 aromatic carbocycles. The SMILES string of the molecule is CC(=O)c1sc2nc(CSc3ncccn3)[nH]c(=O)c2c1C. The number of aromatic nitrogens is 4. The van der Waals surface area contributed by atoms with Gasteiger partial charge < -0.3 is 4.98 Å². The fraction of sp³-hybridized carbons (Fsp3) is 0.214. The molecule has 0 saturated heterocycles. The number of hydrogen-bond donors (Lipinski definition) is 1. The van der Waals surface area contributed by atoms with E-state index in [1.165, 1.54) is 30.0 Å². The summed E-state index contributed by atoms with van der Waals surface area (Å²) in [5.74, 6) is 0.960. The minimum absolute atomic E-state index is 0.0477. The van der Waals surface area contributed by atoms with E-state index in [0.717, 1.165) is 0 Å². The van der Waals surface area contributed by atoms with Gasteiger partial charge in [0.2, 0.25) is 0 Å². The molecule has 0 bridgehead atoms. The summed E-state index contributed by atoms with van der Waals surface area (Å²) in [6.45, 7) is 3.27. The second-order valence-corrected chi connectivity index (χ2v) is 6.57. The monoisotopic (exact) mass is 332 g/mol. The number of nitrogens with zero attached hydrogens (tertiary/aromatic N) is 3. The third-order valence-electron chi connectivity index (χ3n) is 3.05. The molecule has 0 unspecified atom stereocenters. The predicted octanol–water partition coefficient (Wildman–Crippen LogP) is 2.58. The molecule has 3 heterocycles. The summed E-state index contributed by atoms with van der Waals surface area (Å²) < 4.78 is 0. The summed E-state index contributed by atoms with van der Waals surface area (Å²) in [5.41, 5.74) is 0.489. The molecule has 3 aromatic rings. The van der Waals surface area contributed by atoms with Crippen LogP contribution in [0.25, 0.3) is 10.2 Å². The molecular weight excluding hydrogens is 320 g/mol. The standard InChI is InChI=1S/C14H12N4O2S2/c1-7-10-12(20)17-9(6-21-14-15-4-3-5-16-14)18-13(10)22-11(7)8(2)19/h3-5H,6H2,1-2H3,(H,17,18,20). The van der Waals surface area contributed by atoms with Gasteiger partial charge in [-0.25, -0.2) is 15.0 Å². The van der Waals surface area contributed by atoms with E-state index in [2.05, 4.69) is 19.9 Å². The lowest BCUT2D eigenvalue weighted by Crippen LogP contribution is -2.11. The number of rotatable bonds is 4. The Labute approximate surface area is 134 Å². The molecule has 1 N–H and O–H groups in total. The van der Waals surface area contributed by atoms with Crippen LogP contribution in [-0.2, 0) is 5.75 Å². The normalized spacial score (nSPS) is 11.0. The minimum atomic E-state index is -0.212. The van der Waals surface area contributed by atoms with Gasteiger partial charge in [-0.05, 0) is 25.5 Å². The lowest BCUT2D eigenvalue weighted by atomic mass is 10.2. The molecule has 6 nitrogen and oxygen atoms in total. The molecule has 22 heavy (non-hydrogen) atoms. The van der Waals surface area contributed by atoms with Crippen LogP contribution in [0, 0.1) is 6.92 Å². The van der Waals surface area contributed by atoms with E-state index >= 15 is 0 Å². The topological polar surface area (TPSA) is 88.6 Å². The zero-order valence-electron chi connectivity index (χ0n) is 11.9. The van der Waals surface area contributed by atoms with Gasteiger partial charge in [0.25, 0.3) is 5.56 Å². The van der Waals surface area contributed by atoms with Gasteiger partial charge >= 0.3 is 0 Å². The van der Waals surface area contributed by atoms with E-state index in [1.807, 2.05) is 0 Å². The molecule has 3 rings (SSSR count). The minimum Gasteiger partial charge on any atom is -0.309 e. The summed E-state index contributed by atoms with van der Waals surface area (Å²) in [7, 11) is 0. The van der Waals surface area contributed by atoms with Crippen molar-refractivity contribution >= 4 is 39.1 Å². The zero-order chi connectivity index (χ0) is 15.7. The highest BCUT2D eigenvalue weighted by Crippen LogP contribution is 2.27. The Kier molecular flexibility index (Phi) is 4.04. The molecule has 0 amide bonds. The molecular formula is C14H12N4O2S2. The number of thioether (sulfide) groups is 1. The van der Waals surface area contributed by atoms with Gasteiger partial charge in [-0.1, -0.05) is 11.8 Å². The third kappa shape index (κ3) is 2.79. The maximum Gasteiger partial charge on any atom is 0.259 e. The average molecular weight is 332 g/mol. The first-order valence-electron chi connectivity index (χ1n) is 6.49. The number of ketones is 1. The molecule has 0 fully saturated rings. The number of fused-ring (bicyclic) bond motifs is 1. The fourth-order valence-corrected chi connectivity index (χ4v) is 3.85. The van der Waals surface area contributed by atoms with Gasteiger partial charge in [0.15, 0.2) is 10.9 Å². The zero-order valence-corrected chi connectivity index (χ0v) is 13.5. The Morgan fingerprint density at radius 1 is 1.36 bits per heavy atom. The van der Waals surface area contributed by atoms with Gasteiger partial charge in [-0.2, -0.15) is 0 Å². The number of aryl methyl sites for hydroxylation is 1. The largest absolute Gasteiger partial charge is 0.309 e. The average Bonchev–Trinajstić information content (AvgIpc) is 2.84. The van der Waals surface area contributed by atoms with E-state index in [1.54, 1.807) is 25.4 Å². The number of carbonyl (C=O) groups is 1. The molecule has 0 aliphatic rings. The van der Waals surface area contributed by atoms with E-state index in [4.69, 9.17) is 0 Å². The Balaban J connectivity index is 1.95. The van der Waals surface area contributed by atoms with E-state index in [0.29, 0.717) is 37.4 Å². The van der Waals surface area contributed by atoms with Crippen molar-refractivity contribution in [1.29, 1.82) is 0 Å². The number of thiophene rings is 1. The van der Waals surface area contributed by atoms with Gasteiger partial charge in [-0.15, -0.1) is 11.3 Å². The van der Waals surface area contributed by atoms with Crippen LogP contribution in [0.1, 0.15) is 28.0 Å². The molecule has 0 saturated carbocycles. The molecule has 112 valence electrons. The maximum absolute atomic E-state index is 12.2. The van der Waals surface area contributed by atoms with Gasteiger partial charge in [0, 0.05) is 12.4 Å². The lowest BCUT2D eigenvalue weighted by Gasteiger charge is -2.00. The van der Waals surface area contributed by atoms with Crippen molar-refractivity contribution in [2.45, 2.75) is 24.8 Å². The van der Waals surface area contributed by atoms with E-state index in [9.17, 15) is 9.59 Å². The van der Waals surface area contributed by atoms with Crippen LogP contribution in [0.2, 0.25) is 0 Å². The lowest BCUT2D eigenvalue weighted by molar-refractivity contribution is 0.102. The van der Waals surface area contributed by atoms with Crippen LogP contribution in [0.4, 0.5) is 0 Å². The molecule has 0 aliphatic carbocycles. The quantitative estimate of drug-likeness (QED) is 0.449. The number of nitrogens with one attached hydrogen (secondary N) is 1. The summed E-state index contributed by atoms with van der Waals surface area (Å²) in [6.07, 6.45) is 3.33. The first-order valence-corrected chi connectivity index (χ1v) is 8.29. The number of H-pyrrole nitrogens is 1. The molecule has 0 atom stereocenters. The highest BCUT2D eigenvalue weighted by Gasteiger charge is 2.16. The first kappa shape index (κ1) is 14.9. The van der Waals surface area contributed by atoms with Gasteiger partial charge in [0.05, 0.1) is 16.0 Å². The van der Waals surface area contributed by atoms with Crippen LogP contribution in [0.5, 0.6) is 0 Å². The first-order chi connectivity index (χ1) is 10.6. The number of hydrogen-bond acceptors (Lipinski definition) is 7. The number of Topliss-reactive ketones (excluding diaryl/α,β-unsaturated/α-hetero) is 1. The Morgan fingerprint density at radius 2 is 2.09 bits per heavy atom. The second kappa shape index (κ2) is 5.98. The smallest absolute Gasteiger partial charge is 0.259 e. The van der Waals surface area contributed by atoms with Crippen LogP contribution in [0.15, 0.2) is 28.4 Å². The molecule has 0 spiro atoms. The maximum atomic E-state index is 12.2. The van der Waals surface area contributed by atoms with Crippen molar-refractivity contribution < 1.29 is 4.79 Å². The van der Waals surface area contributed by atoms with E-state index < -0.39 is 0 Å². The van der Waals surface area contributed by atoms with Crippen molar-refractivity contribution in [3.63, 3.8) is 0 Å². The van der Waals surface area contributed by atoms with Gasteiger partial charge in [-0.3, -0.25) is 9.59 Å². The van der Waals surface area contributed by atoms with Gasteiger partial charge in [0.1, 0.15) is 10.7 Å². The third-order valence-corrected chi connectivity index (χ3v) is 5.22. The number of aromatic amines is 1. The van der Waals surface area contributed by atoms with Crippen LogP contribution >= 0.6 is 23.1 Å². The fourth-order valence-electron chi connectivity index (χ4n) is 2.09. The van der Waals surface area contributed by atoms with E-state index in [-0.39, 0.29) is 11.3 Å². The Morgan fingerprint density at radius 3 is 2.77 bits per heavy atom. The molecule has 3 aromatic heterocycles. The van der Waals surface area contributed by atoms with Crippen molar-refractivity contribution in [2.24, 2.45) is 0 Å². The van der Waals surface area contributed by atoms with Crippen molar-refractivity contribution in [1.82, 2.24) is 19.9 Å². The summed E-state index contributed by atoms with van der Waals surface area (Å²) in [4.78, 5) is 40.4. The number of carbonyl (C=O) groups excluding carboxylic acids is 1. The molecule has 0 aliphatic heterocycles. The van der Waals surface area contributed by atoms with Crippen LogP contribution < -0.4 is 5.56 Å². The second-order valence-electron chi connectivity index (χ2n) is 4.63. The summed E-state index contributed by atoms with van der Waals surface area (Å²) in [6, 6.07) is 1.74. The van der Waals surface area contributed by atoms with Crippen LogP contribution in [0.3, 0.4) is 0 Å². The Hall–Kier alpha value is -2.06. The molecule has 8 heteroatoms. The van der Waals surface area contributed by atoms with Crippen molar-refractivity contribution in [3.05, 3.63) is 45.1 Å². The summed E-state index contributed by atoms with van der Waals surface area (Å²) >= 11 is 2.65. The highest BCUT2D eigenvalue weighted by atomic mass is 32.2. The Bertz CT molecular complexity index is 902. The van der Waals surface area contributed by atoms with Crippen LogP contribution in [-0.4, -0.2) is 25.7 Å². The predicted molar refractivity (Wildman–Crippen MR) is 86.6 cm³/mol. The highest BCUT2D eigenvalue weighted by molar-refractivity contribution is 7.98. The molecule has 0 radical (unpaired) electrons. The van der Waals surface area contributed by atoms with Crippen molar-refractivity contribution in [3.8, 4) is 0 Å².